The molecule has 0 radical (unpaired) electrons. The maximum Gasteiger partial charge on any atom is 0.0571 e. The third-order valence-corrected chi connectivity index (χ3v) is 2.95. The monoisotopic (exact) mass is 154 g/mol. The first-order chi connectivity index (χ1) is 5.11. The van der Waals surface area contributed by atoms with E-state index < -0.39 is 0 Å². The van der Waals surface area contributed by atoms with Gasteiger partial charge in [0.05, 0.1) is 5.54 Å². The summed E-state index contributed by atoms with van der Waals surface area (Å²) in [5.74, 6) is 0. The smallest absolute Gasteiger partial charge is 0.0571 e. The fourth-order valence-corrected chi connectivity index (χ4v) is 1.75. The summed E-state index contributed by atoms with van der Waals surface area (Å²) >= 11 is 0. The minimum atomic E-state index is 0.189. The van der Waals surface area contributed by atoms with Gasteiger partial charge in [-0.2, -0.15) is 0 Å². The summed E-state index contributed by atoms with van der Waals surface area (Å²) < 4.78 is 0. The predicted molar refractivity (Wildman–Crippen MR) is 48.5 cm³/mol. The van der Waals surface area contributed by atoms with Crippen molar-refractivity contribution < 1.29 is 0 Å². The molecule has 1 aliphatic rings. The van der Waals surface area contributed by atoms with Crippen molar-refractivity contribution in [3.63, 3.8) is 0 Å². The second-order valence-corrected chi connectivity index (χ2v) is 3.53. The summed E-state index contributed by atoms with van der Waals surface area (Å²) in [6.07, 6.45) is 2.51. The van der Waals surface area contributed by atoms with Crippen LogP contribution in [0.1, 0.15) is 19.8 Å². The Morgan fingerprint density at radius 3 is 2.64 bits per heavy atom. The largest absolute Gasteiger partial charge is 0.390 e. The van der Waals surface area contributed by atoms with Crippen molar-refractivity contribution in [1.82, 2.24) is 10.2 Å². The number of hydrogen-bond donors (Lipinski definition) is 1. The lowest BCUT2D eigenvalue weighted by atomic mass is 9.96. The van der Waals surface area contributed by atoms with Crippen molar-refractivity contribution in [3.8, 4) is 0 Å². The molecule has 0 aromatic rings. The van der Waals surface area contributed by atoms with E-state index in [2.05, 4.69) is 30.8 Å². The highest BCUT2D eigenvalue weighted by atomic mass is 15.2. The topological polar surface area (TPSA) is 15.3 Å². The van der Waals surface area contributed by atoms with Gasteiger partial charge in [-0.25, -0.2) is 0 Å². The fraction of sp³-hybridized carbons (Fsp3) is 0.778. The molecule has 64 valence electrons. The molecule has 2 heteroatoms. The van der Waals surface area contributed by atoms with Crippen LogP contribution in [-0.4, -0.2) is 31.1 Å². The van der Waals surface area contributed by atoms with Crippen molar-refractivity contribution in [1.29, 1.82) is 0 Å². The Hall–Kier alpha value is -0.500. The highest BCUT2D eigenvalue weighted by Crippen LogP contribution is 2.31. The molecule has 2 nitrogen and oxygen atoms in total. The van der Waals surface area contributed by atoms with Crippen molar-refractivity contribution >= 4 is 0 Å². The Morgan fingerprint density at radius 1 is 1.64 bits per heavy atom. The molecule has 1 fully saturated rings. The molecule has 1 N–H and O–H groups in total. The fourth-order valence-electron chi connectivity index (χ4n) is 1.75. The van der Waals surface area contributed by atoms with Gasteiger partial charge in [-0.05, 0) is 33.4 Å². The third kappa shape index (κ3) is 1.27. The molecular weight excluding hydrogens is 136 g/mol. The van der Waals surface area contributed by atoms with Crippen LogP contribution in [0.2, 0.25) is 0 Å². The molecule has 1 aliphatic heterocycles. The second kappa shape index (κ2) is 2.86. The van der Waals surface area contributed by atoms with Gasteiger partial charge in [0, 0.05) is 12.7 Å². The summed E-state index contributed by atoms with van der Waals surface area (Å²) in [5, 5.41) is 3.14. The van der Waals surface area contributed by atoms with E-state index in [-0.39, 0.29) is 5.54 Å². The first kappa shape index (κ1) is 8.60. The molecule has 0 bridgehead atoms. The molecule has 0 saturated carbocycles. The standard InChI is InChI=1S/C9H18N2/c1-8(10-3)9(2)6-5-7-11(9)4/h10H,1,5-7H2,2-4H3/t9-/m1/s1. The van der Waals surface area contributed by atoms with Crippen LogP contribution in [0.3, 0.4) is 0 Å². The summed E-state index contributed by atoms with van der Waals surface area (Å²) in [5.41, 5.74) is 1.33. The molecule has 1 rings (SSSR count). The first-order valence-electron chi connectivity index (χ1n) is 4.19. The zero-order valence-electron chi connectivity index (χ0n) is 7.78. The Bertz CT molecular complexity index is 165. The van der Waals surface area contributed by atoms with E-state index in [0.29, 0.717) is 0 Å². The Kier molecular flexibility index (Phi) is 2.23. The maximum atomic E-state index is 4.02. The lowest BCUT2D eigenvalue weighted by molar-refractivity contribution is 0.229. The second-order valence-electron chi connectivity index (χ2n) is 3.53. The molecule has 0 aromatic heterocycles. The number of hydrogen-bond acceptors (Lipinski definition) is 2. The van der Waals surface area contributed by atoms with E-state index in [4.69, 9.17) is 0 Å². The van der Waals surface area contributed by atoms with Crippen molar-refractivity contribution in [2.45, 2.75) is 25.3 Å². The molecule has 0 amide bonds. The molecule has 11 heavy (non-hydrogen) atoms. The molecule has 0 unspecified atom stereocenters. The minimum absolute atomic E-state index is 0.189. The molecule has 1 heterocycles. The quantitative estimate of drug-likeness (QED) is 0.643. The molecule has 0 aromatic carbocycles. The van der Waals surface area contributed by atoms with Crippen LogP contribution in [0.5, 0.6) is 0 Å². The van der Waals surface area contributed by atoms with Crippen molar-refractivity contribution in [2.75, 3.05) is 20.6 Å². The van der Waals surface area contributed by atoms with Gasteiger partial charge < -0.3 is 5.32 Å². The van der Waals surface area contributed by atoms with Crippen molar-refractivity contribution in [2.24, 2.45) is 0 Å². The molecule has 1 atom stereocenters. The van der Waals surface area contributed by atoms with E-state index in [1.807, 2.05) is 7.05 Å². The van der Waals surface area contributed by atoms with Gasteiger partial charge in [0.15, 0.2) is 0 Å². The van der Waals surface area contributed by atoms with E-state index in [1.165, 1.54) is 19.4 Å². The van der Waals surface area contributed by atoms with Crippen LogP contribution < -0.4 is 5.32 Å². The van der Waals surface area contributed by atoms with Crippen LogP contribution >= 0.6 is 0 Å². The SMILES string of the molecule is C=C(NC)[C@@]1(C)CCCN1C. The predicted octanol–water partition coefficient (Wildman–Crippen LogP) is 1.20. The van der Waals surface area contributed by atoms with E-state index in [0.717, 1.165) is 5.70 Å². The number of nitrogens with zero attached hydrogens (tertiary/aromatic N) is 1. The summed E-state index contributed by atoms with van der Waals surface area (Å²) in [7, 11) is 4.11. The summed E-state index contributed by atoms with van der Waals surface area (Å²) in [6, 6.07) is 0. The Balaban J connectivity index is 2.72. The van der Waals surface area contributed by atoms with Gasteiger partial charge in [-0.15, -0.1) is 0 Å². The van der Waals surface area contributed by atoms with E-state index >= 15 is 0 Å². The summed E-state index contributed by atoms with van der Waals surface area (Å²) in [6.45, 7) is 7.47. The van der Waals surface area contributed by atoms with Gasteiger partial charge in [0.25, 0.3) is 0 Å². The van der Waals surface area contributed by atoms with Gasteiger partial charge in [-0.3, -0.25) is 4.90 Å². The van der Waals surface area contributed by atoms with Gasteiger partial charge in [0.1, 0.15) is 0 Å². The van der Waals surface area contributed by atoms with Gasteiger partial charge >= 0.3 is 0 Å². The molecular formula is C9H18N2. The average Bonchev–Trinajstić information content (AvgIpc) is 2.32. The number of nitrogens with one attached hydrogen (secondary N) is 1. The number of likely N-dealkylation sites (tertiary alicyclic amines) is 1. The Morgan fingerprint density at radius 2 is 2.27 bits per heavy atom. The zero-order chi connectivity index (χ0) is 8.48. The average molecular weight is 154 g/mol. The Labute approximate surface area is 69.3 Å². The van der Waals surface area contributed by atoms with Crippen LogP contribution in [0.25, 0.3) is 0 Å². The first-order valence-corrected chi connectivity index (χ1v) is 4.19. The number of rotatable bonds is 2. The molecule has 0 spiro atoms. The normalized spacial score (nSPS) is 32.3. The third-order valence-electron chi connectivity index (χ3n) is 2.95. The molecule has 0 aliphatic carbocycles. The van der Waals surface area contributed by atoms with Crippen molar-refractivity contribution in [3.05, 3.63) is 12.3 Å². The van der Waals surface area contributed by atoms with Crippen LogP contribution in [0, 0.1) is 0 Å². The highest BCUT2D eigenvalue weighted by Gasteiger charge is 2.35. The number of likely N-dealkylation sites (N-methyl/N-ethyl adjacent to an activating group) is 2. The maximum absolute atomic E-state index is 4.02. The minimum Gasteiger partial charge on any atom is -0.390 e. The van der Waals surface area contributed by atoms with Crippen LogP contribution in [0.15, 0.2) is 12.3 Å². The summed E-state index contributed by atoms with van der Waals surface area (Å²) in [4.78, 5) is 2.37. The highest BCUT2D eigenvalue weighted by molar-refractivity contribution is 5.15. The van der Waals surface area contributed by atoms with E-state index in [9.17, 15) is 0 Å². The lowest BCUT2D eigenvalue weighted by Gasteiger charge is -2.34. The lowest BCUT2D eigenvalue weighted by Crippen LogP contribution is -2.43. The van der Waals surface area contributed by atoms with Crippen LogP contribution in [0.4, 0.5) is 0 Å². The zero-order valence-corrected chi connectivity index (χ0v) is 7.78. The van der Waals surface area contributed by atoms with Gasteiger partial charge in [0.2, 0.25) is 0 Å². The molecule has 1 saturated heterocycles. The van der Waals surface area contributed by atoms with Crippen LogP contribution in [-0.2, 0) is 0 Å². The van der Waals surface area contributed by atoms with Gasteiger partial charge in [-0.1, -0.05) is 6.58 Å². The van der Waals surface area contributed by atoms with E-state index in [1.54, 1.807) is 0 Å².